The molecule has 1 nitrogen and oxygen atoms in total. The molecule has 1 heterocycles. The molecule has 1 aromatic heterocycles. The van der Waals surface area contributed by atoms with E-state index in [1.165, 1.54) is 5.39 Å². The van der Waals surface area contributed by atoms with Gasteiger partial charge in [0.1, 0.15) is 0 Å². The van der Waals surface area contributed by atoms with E-state index in [1.54, 1.807) is 0 Å². The Morgan fingerprint density at radius 1 is 0.696 bits per heavy atom. The fraction of sp³-hybridized carbons (Fsp3) is 0.0952. The minimum atomic E-state index is 0. The summed E-state index contributed by atoms with van der Waals surface area (Å²) in [6.07, 6.45) is 0. The monoisotopic (exact) mass is 479 g/mol. The average molecular weight is 479 g/mol. The Morgan fingerprint density at radius 3 is 2.17 bits per heavy atom. The van der Waals surface area contributed by atoms with Gasteiger partial charge in [-0.15, -0.1) is 29.7 Å². The molecule has 0 aliphatic carbocycles. The minimum Gasteiger partial charge on any atom is -0.287 e. The van der Waals surface area contributed by atoms with Crippen LogP contribution in [0.1, 0.15) is 13.8 Å². The third-order valence-corrected chi connectivity index (χ3v) is 3.53. The molecule has 4 aromatic rings. The van der Waals surface area contributed by atoms with Gasteiger partial charge in [-0.1, -0.05) is 73.3 Å². The van der Waals surface area contributed by atoms with Crippen LogP contribution in [-0.4, -0.2) is 4.98 Å². The Kier molecular flexibility index (Phi) is 6.07. The van der Waals surface area contributed by atoms with Gasteiger partial charge in [0, 0.05) is 26.8 Å². The van der Waals surface area contributed by atoms with E-state index in [2.05, 4.69) is 48.5 Å². The summed E-state index contributed by atoms with van der Waals surface area (Å²) in [6.45, 7) is 4.00. The number of nitrogens with zero attached hydrogens (tertiary/aromatic N) is 1. The summed E-state index contributed by atoms with van der Waals surface area (Å²) in [6, 6.07) is 28.3. The molecule has 0 bridgehead atoms. The van der Waals surface area contributed by atoms with E-state index in [0.29, 0.717) is 0 Å². The molecule has 0 radical (unpaired) electrons. The Bertz CT molecular complexity index is 838. The molecule has 0 aliphatic rings. The first kappa shape index (κ1) is 17.4. The molecular formula is C21H18NPt-. The SMILES string of the molecule is CC.[Pt].[c-]1c(-c2ccc3ccccc3n2)ccc2ccccc12. The molecule has 2 heteroatoms. The van der Waals surface area contributed by atoms with Crippen LogP contribution >= 0.6 is 0 Å². The smallest absolute Gasteiger partial charge is 0.0617 e. The Balaban J connectivity index is 0.000000617. The molecule has 23 heavy (non-hydrogen) atoms. The number of benzene rings is 3. The largest absolute Gasteiger partial charge is 0.287 e. The second kappa shape index (κ2) is 8.04. The van der Waals surface area contributed by atoms with Gasteiger partial charge >= 0.3 is 0 Å². The second-order valence-corrected chi connectivity index (χ2v) is 4.85. The summed E-state index contributed by atoms with van der Waals surface area (Å²) in [4.78, 5) is 4.72. The maximum Gasteiger partial charge on any atom is 0.0617 e. The molecule has 0 aliphatic heterocycles. The van der Waals surface area contributed by atoms with Crippen molar-refractivity contribution in [2.24, 2.45) is 0 Å². The number of aromatic nitrogens is 1. The van der Waals surface area contributed by atoms with Crippen LogP contribution in [-0.2, 0) is 21.1 Å². The van der Waals surface area contributed by atoms with Crippen molar-refractivity contribution in [3.05, 3.63) is 78.9 Å². The van der Waals surface area contributed by atoms with Crippen LogP contribution in [0.3, 0.4) is 0 Å². The van der Waals surface area contributed by atoms with Gasteiger partial charge in [0.2, 0.25) is 0 Å². The van der Waals surface area contributed by atoms with Crippen LogP contribution in [0, 0.1) is 6.07 Å². The summed E-state index contributed by atoms with van der Waals surface area (Å²) in [5.41, 5.74) is 3.02. The predicted octanol–water partition coefficient (Wildman–Crippen LogP) is 5.88. The predicted molar refractivity (Wildman–Crippen MR) is 94.9 cm³/mol. The normalized spacial score (nSPS) is 9.83. The number of fused-ring (bicyclic) bond motifs is 2. The fourth-order valence-electron chi connectivity index (χ4n) is 2.48. The quantitative estimate of drug-likeness (QED) is 0.311. The summed E-state index contributed by atoms with van der Waals surface area (Å²) in [5, 5.41) is 3.49. The van der Waals surface area contributed by atoms with E-state index in [1.807, 2.05) is 44.2 Å². The summed E-state index contributed by atoms with van der Waals surface area (Å²) < 4.78 is 0. The molecule has 0 N–H and O–H groups in total. The van der Waals surface area contributed by atoms with E-state index in [9.17, 15) is 0 Å². The van der Waals surface area contributed by atoms with Crippen molar-refractivity contribution in [1.82, 2.24) is 4.98 Å². The first-order valence-corrected chi connectivity index (χ1v) is 7.67. The van der Waals surface area contributed by atoms with Crippen molar-refractivity contribution in [3.8, 4) is 11.3 Å². The zero-order valence-electron chi connectivity index (χ0n) is 13.2. The van der Waals surface area contributed by atoms with Crippen molar-refractivity contribution in [3.63, 3.8) is 0 Å². The van der Waals surface area contributed by atoms with E-state index < -0.39 is 0 Å². The second-order valence-electron chi connectivity index (χ2n) is 4.85. The van der Waals surface area contributed by atoms with Gasteiger partial charge in [-0.25, -0.2) is 0 Å². The molecule has 4 rings (SSSR count). The Labute approximate surface area is 151 Å². The van der Waals surface area contributed by atoms with Crippen molar-refractivity contribution in [2.45, 2.75) is 13.8 Å². The molecule has 0 saturated carbocycles. The maximum atomic E-state index is 4.72. The molecule has 0 amide bonds. The minimum absolute atomic E-state index is 0. The standard InChI is InChI=1S/C19H12N.C2H6.Pt/c1-2-7-16-13-17(10-9-14(16)5-1)19-12-11-15-6-3-4-8-18(15)20-19;1-2;/h1-12H;1-2H3;/q-1;;. The van der Waals surface area contributed by atoms with Gasteiger partial charge in [0.15, 0.2) is 0 Å². The zero-order valence-corrected chi connectivity index (χ0v) is 15.5. The van der Waals surface area contributed by atoms with Crippen LogP contribution in [0.4, 0.5) is 0 Å². The van der Waals surface area contributed by atoms with Crippen LogP contribution in [0.15, 0.2) is 72.8 Å². The number of pyridine rings is 1. The molecule has 0 fully saturated rings. The van der Waals surface area contributed by atoms with Gasteiger partial charge < -0.3 is 0 Å². The summed E-state index contributed by atoms with van der Waals surface area (Å²) in [7, 11) is 0. The first-order valence-electron chi connectivity index (χ1n) is 7.67. The molecule has 118 valence electrons. The molecular weight excluding hydrogens is 461 g/mol. The Hall–Kier alpha value is -1.98. The molecule has 0 unspecified atom stereocenters. The van der Waals surface area contributed by atoms with Crippen LogP contribution in [0.5, 0.6) is 0 Å². The van der Waals surface area contributed by atoms with Crippen molar-refractivity contribution < 1.29 is 21.1 Å². The van der Waals surface area contributed by atoms with Gasteiger partial charge in [0.05, 0.1) is 5.52 Å². The first-order chi connectivity index (χ1) is 10.9. The van der Waals surface area contributed by atoms with Gasteiger partial charge in [-0.2, -0.15) is 0 Å². The molecule has 0 saturated heterocycles. The maximum absolute atomic E-state index is 4.72. The molecule has 3 aromatic carbocycles. The van der Waals surface area contributed by atoms with Gasteiger partial charge in [-0.05, 0) is 11.5 Å². The van der Waals surface area contributed by atoms with Crippen molar-refractivity contribution in [2.75, 3.05) is 0 Å². The third-order valence-electron chi connectivity index (χ3n) is 3.53. The van der Waals surface area contributed by atoms with Gasteiger partial charge in [0.25, 0.3) is 0 Å². The number of hydrogen-bond donors (Lipinski definition) is 0. The molecule has 0 spiro atoms. The van der Waals surface area contributed by atoms with E-state index >= 15 is 0 Å². The topological polar surface area (TPSA) is 12.9 Å². The van der Waals surface area contributed by atoms with E-state index in [4.69, 9.17) is 4.98 Å². The zero-order chi connectivity index (χ0) is 15.4. The van der Waals surface area contributed by atoms with Crippen LogP contribution in [0.2, 0.25) is 0 Å². The number of rotatable bonds is 1. The van der Waals surface area contributed by atoms with Crippen molar-refractivity contribution >= 4 is 21.7 Å². The number of hydrogen-bond acceptors (Lipinski definition) is 1. The average Bonchev–Trinajstić information content (AvgIpc) is 2.62. The van der Waals surface area contributed by atoms with Crippen LogP contribution in [0.25, 0.3) is 32.9 Å². The van der Waals surface area contributed by atoms with E-state index in [0.717, 1.165) is 27.5 Å². The summed E-state index contributed by atoms with van der Waals surface area (Å²) in [5.74, 6) is 0. The third kappa shape index (κ3) is 3.68. The number of para-hydroxylation sites is 1. The van der Waals surface area contributed by atoms with E-state index in [-0.39, 0.29) is 21.1 Å². The Morgan fingerprint density at radius 2 is 1.35 bits per heavy atom. The summed E-state index contributed by atoms with van der Waals surface area (Å²) >= 11 is 0. The fourth-order valence-corrected chi connectivity index (χ4v) is 2.48. The molecule has 0 atom stereocenters. The van der Waals surface area contributed by atoms with Crippen LogP contribution < -0.4 is 0 Å². The van der Waals surface area contributed by atoms with Gasteiger partial charge in [-0.3, -0.25) is 4.98 Å². The van der Waals surface area contributed by atoms with Crippen molar-refractivity contribution in [1.29, 1.82) is 0 Å².